The third kappa shape index (κ3) is 10.7. The van der Waals surface area contributed by atoms with Crippen LogP contribution < -0.4 is 17.0 Å². The van der Waals surface area contributed by atoms with Gasteiger partial charge in [0.25, 0.3) is 6.73 Å². The van der Waals surface area contributed by atoms with Gasteiger partial charge in [0.2, 0.25) is 0 Å². The molecule has 0 fully saturated rings. The van der Waals surface area contributed by atoms with E-state index in [0.717, 1.165) is 0 Å². The van der Waals surface area contributed by atoms with Crippen LogP contribution in [0.4, 0.5) is 0 Å². The van der Waals surface area contributed by atoms with Crippen LogP contribution in [0.3, 0.4) is 0 Å². The normalized spacial score (nSPS) is 10.3. The van der Waals surface area contributed by atoms with Crippen LogP contribution in [0.2, 0.25) is 0 Å². The van der Waals surface area contributed by atoms with Crippen molar-refractivity contribution in [2.75, 3.05) is 6.73 Å². The molecule has 0 aromatic heterocycles. The second kappa shape index (κ2) is 3.30. The second-order valence-corrected chi connectivity index (χ2v) is 0.834. The Balaban J connectivity index is 0. The molecular weight excluding hydrogens is 170 g/mol. The summed E-state index contributed by atoms with van der Waals surface area (Å²) < 4.78 is 0. The molecule has 5 nitrogen and oxygen atoms in total. The summed E-state index contributed by atoms with van der Waals surface area (Å²) in [6, 6.07) is 0. The van der Waals surface area contributed by atoms with Gasteiger partial charge in [-0.15, -0.1) is 15.6 Å². The molecule has 0 aliphatic carbocycles. The van der Waals surface area contributed by atoms with Crippen molar-refractivity contribution in [3.63, 3.8) is 0 Å². The van der Waals surface area contributed by atoms with Crippen molar-refractivity contribution in [2.45, 2.75) is 0 Å². The summed E-state index contributed by atoms with van der Waals surface area (Å²) in [6.45, 7) is -1.12. The highest BCUT2D eigenvalue weighted by molar-refractivity contribution is 3.57. The lowest BCUT2D eigenvalue weighted by molar-refractivity contribution is -1.37. The Morgan fingerprint density at radius 3 is 1.29 bits per heavy atom. The Morgan fingerprint density at radius 2 is 1.29 bits per heavy atom. The van der Waals surface area contributed by atoms with Crippen molar-refractivity contribution in [2.24, 2.45) is 0 Å². The Bertz CT molecular complexity index is 41.4. The molecule has 6 heteroatoms. The predicted octanol–water partition coefficient (Wildman–Crippen LogP) is -4.08. The second-order valence-electron chi connectivity index (χ2n) is 0.834. The lowest BCUT2D eigenvalue weighted by Crippen LogP contribution is -3.00. The summed E-state index contributed by atoms with van der Waals surface area (Å²) in [7, 11) is 0. The Kier molecular flexibility index (Phi) is 4.86. The number of hydroxylamine groups is 3. The van der Waals surface area contributed by atoms with Crippen molar-refractivity contribution < 1.29 is 42.7 Å². The van der Waals surface area contributed by atoms with Gasteiger partial charge in [-0.3, -0.25) is 0 Å². The van der Waals surface area contributed by atoms with Crippen LogP contribution in [0.25, 0.3) is 0 Å². The van der Waals surface area contributed by atoms with Crippen LogP contribution in [0.15, 0.2) is 0 Å². The van der Waals surface area contributed by atoms with E-state index in [9.17, 15) is 0 Å². The molecule has 0 saturated heterocycles. The molecule has 0 aliphatic rings. The molecule has 0 aliphatic heterocycles. The van der Waals surface area contributed by atoms with Crippen molar-refractivity contribution >= 4 is 0 Å². The number of rotatable bonds is 1. The molecule has 4 N–H and O–H groups in total. The van der Waals surface area contributed by atoms with Crippen molar-refractivity contribution in [3.8, 4) is 0 Å². The van der Waals surface area contributed by atoms with Gasteiger partial charge < -0.3 is 22.1 Å². The molecular formula is CH6BrNO4. The first-order valence-electron chi connectivity index (χ1n) is 1.23. The quantitative estimate of drug-likeness (QED) is 0.186. The van der Waals surface area contributed by atoms with E-state index in [0.29, 0.717) is 0 Å². The maximum absolute atomic E-state index is 7.62. The molecule has 0 bridgehead atoms. The van der Waals surface area contributed by atoms with Gasteiger partial charge in [0.1, 0.15) is 4.97 Å². The lowest BCUT2D eigenvalue weighted by Gasteiger charge is -2.04. The van der Waals surface area contributed by atoms with Gasteiger partial charge in [-0.25, -0.2) is 0 Å². The van der Waals surface area contributed by atoms with E-state index < -0.39 is 11.7 Å². The van der Waals surface area contributed by atoms with Crippen molar-refractivity contribution in [1.29, 1.82) is 0 Å². The minimum Gasteiger partial charge on any atom is -1.00 e. The van der Waals surface area contributed by atoms with Gasteiger partial charge in [-0.1, -0.05) is 0 Å². The highest BCUT2D eigenvalue weighted by Gasteiger charge is 2.13. The summed E-state index contributed by atoms with van der Waals surface area (Å²) in [6.07, 6.45) is 0. The summed E-state index contributed by atoms with van der Waals surface area (Å²) in [5, 5.41) is 30.5. The molecule has 0 unspecified atom stereocenters. The molecule has 7 heavy (non-hydrogen) atoms. The molecule has 0 saturated carbocycles. The van der Waals surface area contributed by atoms with E-state index in [4.69, 9.17) is 20.7 Å². The maximum atomic E-state index is 7.62. The first-order valence-corrected chi connectivity index (χ1v) is 1.23. The number of quaternary nitrogens is 1. The largest absolute Gasteiger partial charge is 1.00 e. The summed E-state index contributed by atoms with van der Waals surface area (Å²) >= 11 is 0. The zero-order valence-corrected chi connectivity index (χ0v) is 4.91. The van der Waals surface area contributed by atoms with Crippen LogP contribution >= 0.6 is 0 Å². The van der Waals surface area contributed by atoms with Crippen LogP contribution in [0, 0.1) is 0 Å². The number of hydrogen-bond donors (Lipinski definition) is 4. The summed E-state index contributed by atoms with van der Waals surface area (Å²) in [5.41, 5.74) is 0. The Hall–Kier alpha value is 0.280. The first kappa shape index (κ1) is 10.3. The zero-order valence-electron chi connectivity index (χ0n) is 3.32. The zero-order chi connectivity index (χ0) is 5.21. The van der Waals surface area contributed by atoms with Crippen LogP contribution in [-0.4, -0.2) is 32.4 Å². The fraction of sp³-hybridized carbons (Fsp3) is 1.00. The fourth-order valence-electron chi connectivity index (χ4n) is 0. The first-order chi connectivity index (χ1) is 2.56. The maximum Gasteiger partial charge on any atom is 0.277 e. The number of hydrogen-bond acceptors (Lipinski definition) is 4. The van der Waals surface area contributed by atoms with Gasteiger partial charge in [-0.2, -0.15) is 0 Å². The number of aliphatic hydroxyl groups excluding tert-OH is 1. The van der Waals surface area contributed by atoms with E-state index in [1.54, 1.807) is 0 Å². The van der Waals surface area contributed by atoms with Gasteiger partial charge in [0.15, 0.2) is 0 Å². The minimum absolute atomic E-state index is 0. The van der Waals surface area contributed by atoms with Crippen LogP contribution in [-0.2, 0) is 0 Å². The number of nitrogens with zero attached hydrogens (tertiary/aromatic N) is 1. The van der Waals surface area contributed by atoms with Gasteiger partial charge >= 0.3 is 0 Å². The molecule has 0 spiro atoms. The average Bonchev–Trinajstić information content (AvgIpc) is 1.35. The standard InChI is InChI=1S/CH6NO4.BrH/c3-1-2(4,5)6;/h3-6H,1H2;1H/q+1;/p-1. The minimum atomic E-state index is -2.38. The molecule has 0 aromatic carbocycles. The molecule has 0 atom stereocenters. The van der Waals surface area contributed by atoms with E-state index in [-0.39, 0.29) is 17.0 Å². The van der Waals surface area contributed by atoms with Crippen LogP contribution in [0.5, 0.6) is 0 Å². The third-order valence-corrected chi connectivity index (χ3v) is 0.190. The SMILES string of the molecule is OC[N+](O)(O)O.[Br-]. The topological polar surface area (TPSA) is 80.9 Å². The molecule has 0 radical (unpaired) electrons. The molecule has 0 heterocycles. The number of aliphatic hydroxyl groups is 1. The molecule has 0 rings (SSSR count). The highest BCUT2D eigenvalue weighted by Crippen LogP contribution is 1.78. The Labute approximate surface area is 50.3 Å². The van der Waals surface area contributed by atoms with Gasteiger partial charge in [-0.05, 0) is 0 Å². The summed E-state index contributed by atoms with van der Waals surface area (Å²) in [4.78, 5) is -2.38. The van der Waals surface area contributed by atoms with Crippen molar-refractivity contribution in [1.82, 2.24) is 0 Å². The van der Waals surface area contributed by atoms with Gasteiger partial charge in [0, 0.05) is 0 Å². The monoisotopic (exact) mass is 175 g/mol. The highest BCUT2D eigenvalue weighted by atomic mass is 79.9. The number of halogens is 1. The smallest absolute Gasteiger partial charge is 0.277 e. The van der Waals surface area contributed by atoms with Gasteiger partial charge in [0.05, 0.1) is 0 Å². The third-order valence-electron chi connectivity index (χ3n) is 0.190. The lowest BCUT2D eigenvalue weighted by atomic mass is 11.3. The van der Waals surface area contributed by atoms with E-state index in [2.05, 4.69) is 0 Å². The van der Waals surface area contributed by atoms with E-state index in [1.165, 1.54) is 0 Å². The molecule has 0 amide bonds. The van der Waals surface area contributed by atoms with E-state index >= 15 is 0 Å². The van der Waals surface area contributed by atoms with Crippen molar-refractivity contribution in [3.05, 3.63) is 0 Å². The molecule has 46 valence electrons. The summed E-state index contributed by atoms with van der Waals surface area (Å²) in [5.74, 6) is 0. The predicted molar refractivity (Wildman–Crippen MR) is 12.7 cm³/mol. The van der Waals surface area contributed by atoms with Crippen LogP contribution in [0.1, 0.15) is 0 Å². The fourth-order valence-corrected chi connectivity index (χ4v) is 0. The average molecular weight is 176 g/mol. The Morgan fingerprint density at radius 1 is 1.14 bits per heavy atom. The molecule has 0 aromatic rings. The van der Waals surface area contributed by atoms with E-state index in [1.807, 2.05) is 0 Å².